The summed E-state index contributed by atoms with van der Waals surface area (Å²) in [5, 5.41) is 19.3. The van der Waals surface area contributed by atoms with E-state index < -0.39 is 15.7 Å². The number of piperidine rings is 1. The minimum Gasteiger partial charge on any atom is -0.392 e. The first-order chi connectivity index (χ1) is 14.8. The molecule has 2 aromatic carbocycles. The number of nitrogens with one attached hydrogen (secondary N) is 2. The maximum Gasteiger partial charge on any atom is 0.243 e. The molecular weight excluding hydrogens is 440 g/mol. The first kappa shape index (κ1) is 21.1. The summed E-state index contributed by atoms with van der Waals surface area (Å²) in [7, 11) is -3.94. The lowest BCUT2D eigenvalue weighted by Gasteiger charge is -2.44. The predicted octanol–water partition coefficient (Wildman–Crippen LogP) is 0.740. The van der Waals surface area contributed by atoms with Crippen LogP contribution in [0.3, 0.4) is 0 Å². The Morgan fingerprint density at radius 3 is 2.52 bits per heavy atom. The van der Waals surface area contributed by atoms with Gasteiger partial charge in [-0.05, 0) is 61.0 Å². The zero-order valence-corrected chi connectivity index (χ0v) is 18.5. The molecule has 0 aliphatic carbocycles. The van der Waals surface area contributed by atoms with Crippen molar-refractivity contribution in [1.82, 2.24) is 19.8 Å². The molecule has 0 bridgehead atoms. The maximum absolute atomic E-state index is 13.5. The number of carbonyl (C=O) groups is 1. The Kier molecular flexibility index (Phi) is 5.04. The lowest BCUT2D eigenvalue weighted by Crippen LogP contribution is -2.69. The Morgan fingerprint density at radius 1 is 1.06 bits per heavy atom. The van der Waals surface area contributed by atoms with Gasteiger partial charge in [0.25, 0.3) is 0 Å². The molecular formula is C21H25ClN4O4S. The number of nitrogens with zero attached hydrogens (tertiary/aromatic N) is 2. The van der Waals surface area contributed by atoms with Gasteiger partial charge in [0, 0.05) is 17.1 Å². The zero-order valence-electron chi connectivity index (χ0n) is 17.0. The Hall–Kier alpha value is -1.75. The Labute approximate surface area is 186 Å². The van der Waals surface area contributed by atoms with Gasteiger partial charge in [-0.2, -0.15) is 4.31 Å². The smallest absolute Gasteiger partial charge is 0.243 e. The molecule has 10 heteroatoms. The van der Waals surface area contributed by atoms with Gasteiger partial charge in [-0.25, -0.2) is 8.42 Å². The molecule has 31 heavy (non-hydrogen) atoms. The minimum atomic E-state index is -3.94. The van der Waals surface area contributed by atoms with Crippen LogP contribution in [0, 0.1) is 0 Å². The average Bonchev–Trinajstić information content (AvgIpc) is 3.08. The van der Waals surface area contributed by atoms with E-state index in [-0.39, 0.29) is 36.0 Å². The van der Waals surface area contributed by atoms with Crippen LogP contribution >= 0.6 is 11.6 Å². The summed E-state index contributed by atoms with van der Waals surface area (Å²) in [6, 6.07) is 10.1. The number of amides is 1. The van der Waals surface area contributed by atoms with Gasteiger partial charge in [0.2, 0.25) is 15.9 Å². The third-order valence-electron chi connectivity index (χ3n) is 6.76. The molecule has 1 amide bonds. The van der Waals surface area contributed by atoms with Crippen LogP contribution in [0.25, 0.3) is 10.8 Å². The Balaban J connectivity index is 1.48. The fourth-order valence-corrected chi connectivity index (χ4v) is 6.79. The van der Waals surface area contributed by atoms with Crippen LogP contribution in [0.4, 0.5) is 0 Å². The highest BCUT2D eigenvalue weighted by molar-refractivity contribution is 7.89. The molecule has 3 aliphatic rings. The normalized spacial score (nSPS) is 26.5. The van der Waals surface area contributed by atoms with Gasteiger partial charge in [-0.3, -0.25) is 10.1 Å². The molecule has 0 aromatic heterocycles. The van der Waals surface area contributed by atoms with Gasteiger partial charge in [0.15, 0.2) is 0 Å². The van der Waals surface area contributed by atoms with Crippen LogP contribution in [0.2, 0.25) is 5.02 Å². The van der Waals surface area contributed by atoms with Crippen molar-refractivity contribution in [3.63, 3.8) is 0 Å². The highest BCUT2D eigenvalue weighted by Crippen LogP contribution is 2.37. The molecule has 3 heterocycles. The summed E-state index contributed by atoms with van der Waals surface area (Å²) in [6.45, 7) is 1.54. The third-order valence-corrected chi connectivity index (χ3v) is 8.78. The van der Waals surface area contributed by atoms with E-state index in [9.17, 15) is 18.3 Å². The summed E-state index contributed by atoms with van der Waals surface area (Å²) in [4.78, 5) is 14.8. The molecule has 5 rings (SSSR count). The largest absolute Gasteiger partial charge is 0.392 e. The van der Waals surface area contributed by atoms with Crippen molar-refractivity contribution in [2.24, 2.45) is 0 Å². The van der Waals surface area contributed by atoms with Crippen molar-refractivity contribution in [1.29, 1.82) is 0 Å². The second-order valence-corrected chi connectivity index (χ2v) is 11.1. The Bertz CT molecular complexity index is 1150. The van der Waals surface area contributed by atoms with Crippen molar-refractivity contribution < 1.29 is 18.3 Å². The monoisotopic (exact) mass is 464 g/mol. The van der Waals surface area contributed by atoms with Gasteiger partial charge in [0.1, 0.15) is 5.66 Å². The predicted molar refractivity (Wildman–Crippen MR) is 117 cm³/mol. The standard InChI is InChI=1S/C21H25ClN4O4S/c22-17-3-1-16-10-18(4-2-15(16)9-17)31(29,30)25-11-19(28)26-12-20(5-7-23-8-6-20)24-21(26,13-25)14-27/h1-4,9-10,23-24,27H,5-8,11-14H2. The summed E-state index contributed by atoms with van der Waals surface area (Å²) < 4.78 is 28.1. The molecule has 8 nitrogen and oxygen atoms in total. The van der Waals surface area contributed by atoms with E-state index >= 15 is 0 Å². The van der Waals surface area contributed by atoms with E-state index in [0.717, 1.165) is 36.7 Å². The van der Waals surface area contributed by atoms with Crippen LogP contribution < -0.4 is 10.6 Å². The summed E-state index contributed by atoms with van der Waals surface area (Å²) >= 11 is 6.03. The summed E-state index contributed by atoms with van der Waals surface area (Å²) in [5.74, 6) is -0.292. The lowest BCUT2D eigenvalue weighted by atomic mass is 9.89. The quantitative estimate of drug-likeness (QED) is 0.619. The number of hydrogen-bond acceptors (Lipinski definition) is 6. The number of aliphatic hydroxyl groups is 1. The van der Waals surface area contributed by atoms with Crippen molar-refractivity contribution >= 4 is 38.3 Å². The van der Waals surface area contributed by atoms with Crippen LogP contribution in [0.1, 0.15) is 12.8 Å². The molecule has 3 fully saturated rings. The highest BCUT2D eigenvalue weighted by Gasteiger charge is 2.58. The van der Waals surface area contributed by atoms with Gasteiger partial charge >= 0.3 is 0 Å². The number of aliphatic hydroxyl groups excluding tert-OH is 1. The van der Waals surface area contributed by atoms with E-state index in [1.807, 2.05) is 0 Å². The molecule has 3 aliphatic heterocycles. The fourth-order valence-electron chi connectivity index (χ4n) is 5.13. The van der Waals surface area contributed by atoms with E-state index in [0.29, 0.717) is 11.6 Å². The third kappa shape index (κ3) is 3.44. The Morgan fingerprint density at radius 2 is 1.77 bits per heavy atom. The number of carbonyl (C=O) groups excluding carboxylic acids is 1. The van der Waals surface area contributed by atoms with Crippen molar-refractivity contribution in [3.8, 4) is 0 Å². The maximum atomic E-state index is 13.5. The number of sulfonamides is 1. The molecule has 1 unspecified atom stereocenters. The second kappa shape index (κ2) is 7.40. The number of fused-ring (bicyclic) bond motifs is 2. The van der Waals surface area contributed by atoms with Crippen molar-refractivity contribution in [2.45, 2.75) is 28.9 Å². The van der Waals surface area contributed by atoms with E-state index in [1.165, 1.54) is 10.4 Å². The van der Waals surface area contributed by atoms with Gasteiger partial charge in [0.05, 0.1) is 24.6 Å². The molecule has 166 valence electrons. The molecule has 1 spiro atoms. The van der Waals surface area contributed by atoms with Crippen molar-refractivity contribution in [2.75, 3.05) is 39.3 Å². The van der Waals surface area contributed by atoms with Crippen molar-refractivity contribution in [3.05, 3.63) is 41.4 Å². The van der Waals surface area contributed by atoms with E-state index in [2.05, 4.69) is 10.6 Å². The van der Waals surface area contributed by atoms with Crippen LogP contribution in [-0.2, 0) is 14.8 Å². The van der Waals surface area contributed by atoms with Gasteiger partial charge < -0.3 is 15.3 Å². The molecule has 2 aromatic rings. The summed E-state index contributed by atoms with van der Waals surface area (Å²) in [5.41, 5.74) is -1.41. The first-order valence-electron chi connectivity index (χ1n) is 10.4. The van der Waals surface area contributed by atoms with Gasteiger partial charge in [-0.1, -0.05) is 23.7 Å². The number of piperazine rings is 1. The molecule has 3 N–H and O–H groups in total. The van der Waals surface area contributed by atoms with E-state index in [1.54, 1.807) is 35.2 Å². The lowest BCUT2D eigenvalue weighted by molar-refractivity contribution is -0.143. The number of hydrogen-bond donors (Lipinski definition) is 3. The van der Waals surface area contributed by atoms with Crippen LogP contribution in [-0.4, -0.2) is 79.2 Å². The molecule has 3 saturated heterocycles. The van der Waals surface area contributed by atoms with E-state index in [4.69, 9.17) is 11.6 Å². The molecule has 1 atom stereocenters. The second-order valence-electron chi connectivity index (χ2n) is 8.75. The SMILES string of the molecule is O=C1CN(S(=O)(=O)c2ccc3cc(Cl)ccc3c2)CC2(CO)NC3(CCNCC3)CN12. The average molecular weight is 465 g/mol. The van der Waals surface area contributed by atoms with Crippen LogP contribution in [0.15, 0.2) is 41.3 Å². The highest BCUT2D eigenvalue weighted by atomic mass is 35.5. The zero-order chi connectivity index (χ0) is 21.9. The minimum absolute atomic E-state index is 0.00536. The molecule has 0 radical (unpaired) electrons. The fraction of sp³-hybridized carbons (Fsp3) is 0.476. The topological polar surface area (TPSA) is 102 Å². The van der Waals surface area contributed by atoms with Gasteiger partial charge in [-0.15, -0.1) is 0 Å². The van der Waals surface area contributed by atoms with Crippen LogP contribution in [0.5, 0.6) is 0 Å². The summed E-state index contributed by atoms with van der Waals surface area (Å²) in [6.07, 6.45) is 1.64. The first-order valence-corrected chi connectivity index (χ1v) is 12.2. The molecule has 0 saturated carbocycles. The number of halogens is 1. The number of rotatable bonds is 3. The number of benzene rings is 2.